The maximum atomic E-state index is 11.5. The number of nitrogens with zero attached hydrogens (tertiary/aromatic N) is 1. The van der Waals surface area contributed by atoms with Gasteiger partial charge in [0.15, 0.2) is 5.96 Å². The lowest BCUT2D eigenvalue weighted by atomic mass is 10.2. The third-order valence-corrected chi connectivity index (χ3v) is 3.32. The number of guanidine groups is 1. The Kier molecular flexibility index (Phi) is 8.36. The molecule has 0 radical (unpaired) electrons. The van der Waals surface area contributed by atoms with Gasteiger partial charge in [0, 0.05) is 30.6 Å². The summed E-state index contributed by atoms with van der Waals surface area (Å²) >= 11 is 6.12. The highest BCUT2D eigenvalue weighted by Gasteiger charge is 2.05. The Balaban J connectivity index is 2.46. The van der Waals surface area contributed by atoms with Crippen molar-refractivity contribution in [3.8, 4) is 0 Å². The van der Waals surface area contributed by atoms with Crippen LogP contribution in [0.3, 0.4) is 0 Å². The van der Waals surface area contributed by atoms with Crippen molar-refractivity contribution in [2.24, 2.45) is 10.9 Å². The molecule has 0 aliphatic carbocycles. The summed E-state index contributed by atoms with van der Waals surface area (Å²) in [5.74, 6) is 0.767. The normalized spacial score (nSPS) is 11.4. The molecule has 1 aromatic rings. The quantitative estimate of drug-likeness (QED) is 0.409. The van der Waals surface area contributed by atoms with E-state index >= 15 is 0 Å². The van der Waals surface area contributed by atoms with Gasteiger partial charge in [-0.05, 0) is 18.6 Å². The van der Waals surface area contributed by atoms with Crippen LogP contribution in [0.4, 0.5) is 0 Å². The lowest BCUT2D eigenvalue weighted by molar-refractivity contribution is -0.123. The third kappa shape index (κ3) is 6.80. The molecule has 0 aromatic heterocycles. The molecule has 0 aliphatic heterocycles. The second-order valence-electron chi connectivity index (χ2n) is 5.16. The van der Waals surface area contributed by atoms with Crippen molar-refractivity contribution in [2.45, 2.75) is 27.3 Å². The molecule has 0 saturated heterocycles. The molecule has 1 rings (SSSR count). The first kappa shape index (κ1) is 18.3. The maximum Gasteiger partial charge on any atom is 0.222 e. The Morgan fingerprint density at radius 3 is 2.50 bits per heavy atom. The van der Waals surface area contributed by atoms with Crippen LogP contribution < -0.4 is 16.0 Å². The lowest BCUT2D eigenvalue weighted by Gasteiger charge is -2.12. The predicted molar refractivity (Wildman–Crippen MR) is 92.1 cm³/mol. The topological polar surface area (TPSA) is 65.5 Å². The molecule has 5 nitrogen and oxygen atoms in total. The van der Waals surface area contributed by atoms with E-state index in [9.17, 15) is 4.79 Å². The maximum absolute atomic E-state index is 11.5. The van der Waals surface area contributed by atoms with E-state index in [-0.39, 0.29) is 11.8 Å². The molecule has 0 fully saturated rings. The number of carbonyl (C=O) groups excluding carboxylic acids is 1. The Morgan fingerprint density at radius 1 is 1.18 bits per heavy atom. The Morgan fingerprint density at radius 2 is 1.86 bits per heavy atom. The Bertz CT molecular complexity index is 503. The average Bonchev–Trinajstić information content (AvgIpc) is 2.50. The molecule has 0 spiro atoms. The number of carbonyl (C=O) groups is 1. The van der Waals surface area contributed by atoms with Gasteiger partial charge in [-0.3, -0.25) is 4.79 Å². The second kappa shape index (κ2) is 10.1. The molecule has 6 heteroatoms. The fourth-order valence-electron chi connectivity index (χ4n) is 1.70. The standard InChI is InChI=1S/C16H25ClN4O/c1-4-18-16(20-10-9-19-15(22)12(2)3)21-11-13-7-5-6-8-14(13)17/h5-8,12H,4,9-11H2,1-3H3,(H,19,22)(H2,18,20,21). The van der Waals surface area contributed by atoms with Crippen molar-refractivity contribution in [2.75, 3.05) is 19.6 Å². The zero-order chi connectivity index (χ0) is 16.4. The summed E-state index contributed by atoms with van der Waals surface area (Å²) in [5.41, 5.74) is 0.981. The van der Waals surface area contributed by atoms with Crippen LogP contribution in [0.15, 0.2) is 29.3 Å². The molecule has 0 atom stereocenters. The number of nitrogens with one attached hydrogen (secondary N) is 3. The summed E-state index contributed by atoms with van der Waals surface area (Å²) in [4.78, 5) is 16.0. The van der Waals surface area contributed by atoms with Crippen molar-refractivity contribution in [1.82, 2.24) is 16.0 Å². The Hall–Kier alpha value is -1.75. The zero-order valence-electron chi connectivity index (χ0n) is 13.4. The van der Waals surface area contributed by atoms with E-state index < -0.39 is 0 Å². The van der Waals surface area contributed by atoms with Gasteiger partial charge in [-0.1, -0.05) is 43.6 Å². The van der Waals surface area contributed by atoms with Gasteiger partial charge < -0.3 is 16.0 Å². The van der Waals surface area contributed by atoms with E-state index in [2.05, 4.69) is 20.9 Å². The molecular weight excluding hydrogens is 300 g/mol. The van der Waals surface area contributed by atoms with Gasteiger partial charge in [0.25, 0.3) is 0 Å². The smallest absolute Gasteiger partial charge is 0.222 e. The summed E-state index contributed by atoms with van der Waals surface area (Å²) in [6, 6.07) is 7.65. The van der Waals surface area contributed by atoms with Crippen LogP contribution in [-0.4, -0.2) is 31.5 Å². The third-order valence-electron chi connectivity index (χ3n) is 2.95. The fourth-order valence-corrected chi connectivity index (χ4v) is 1.90. The number of amides is 1. The first-order valence-electron chi connectivity index (χ1n) is 7.57. The summed E-state index contributed by atoms with van der Waals surface area (Å²) in [7, 11) is 0. The molecule has 0 saturated carbocycles. The van der Waals surface area contributed by atoms with Crippen molar-refractivity contribution >= 4 is 23.5 Å². The zero-order valence-corrected chi connectivity index (χ0v) is 14.2. The van der Waals surface area contributed by atoms with E-state index in [1.807, 2.05) is 45.0 Å². The molecule has 0 heterocycles. The first-order valence-corrected chi connectivity index (χ1v) is 7.95. The summed E-state index contributed by atoms with van der Waals surface area (Å²) < 4.78 is 0. The molecule has 3 N–H and O–H groups in total. The summed E-state index contributed by atoms with van der Waals surface area (Å²) in [5, 5.41) is 9.92. The Labute approximate surface area is 137 Å². The largest absolute Gasteiger partial charge is 0.357 e. The molecular formula is C16H25ClN4O. The first-order chi connectivity index (χ1) is 10.5. The van der Waals surface area contributed by atoms with E-state index in [1.165, 1.54) is 0 Å². The van der Waals surface area contributed by atoms with Gasteiger partial charge in [0.2, 0.25) is 5.91 Å². The van der Waals surface area contributed by atoms with E-state index in [4.69, 9.17) is 11.6 Å². The SMILES string of the molecule is CCNC(=NCc1ccccc1Cl)NCCNC(=O)C(C)C. The highest BCUT2D eigenvalue weighted by molar-refractivity contribution is 6.31. The van der Waals surface area contributed by atoms with E-state index in [1.54, 1.807) is 0 Å². The average molecular weight is 325 g/mol. The van der Waals surface area contributed by atoms with E-state index in [0.717, 1.165) is 12.1 Å². The minimum atomic E-state index is 0.00197. The van der Waals surface area contributed by atoms with Crippen molar-refractivity contribution in [1.29, 1.82) is 0 Å². The molecule has 22 heavy (non-hydrogen) atoms. The second-order valence-corrected chi connectivity index (χ2v) is 5.57. The van der Waals surface area contributed by atoms with Crippen molar-refractivity contribution in [3.05, 3.63) is 34.9 Å². The van der Waals surface area contributed by atoms with Crippen LogP contribution in [-0.2, 0) is 11.3 Å². The number of hydrogen-bond acceptors (Lipinski definition) is 2. The molecule has 0 aliphatic rings. The molecule has 122 valence electrons. The number of halogens is 1. The van der Waals surface area contributed by atoms with Gasteiger partial charge in [0.1, 0.15) is 0 Å². The number of aliphatic imine (C=N–C) groups is 1. The lowest BCUT2D eigenvalue weighted by Crippen LogP contribution is -2.42. The minimum absolute atomic E-state index is 0.00197. The predicted octanol–water partition coefficient (Wildman–Crippen LogP) is 2.17. The van der Waals surface area contributed by atoms with Crippen LogP contribution in [0.25, 0.3) is 0 Å². The fraction of sp³-hybridized carbons (Fsp3) is 0.500. The van der Waals surface area contributed by atoms with Gasteiger partial charge in [-0.25, -0.2) is 4.99 Å². The van der Waals surface area contributed by atoms with Crippen LogP contribution in [0, 0.1) is 5.92 Å². The minimum Gasteiger partial charge on any atom is -0.357 e. The molecule has 1 aromatic carbocycles. The monoisotopic (exact) mass is 324 g/mol. The highest BCUT2D eigenvalue weighted by Crippen LogP contribution is 2.15. The number of benzene rings is 1. The van der Waals surface area contributed by atoms with Crippen molar-refractivity contribution < 1.29 is 4.79 Å². The molecule has 0 unspecified atom stereocenters. The van der Waals surface area contributed by atoms with Gasteiger partial charge in [0.05, 0.1) is 6.54 Å². The number of hydrogen-bond donors (Lipinski definition) is 3. The molecule has 1 amide bonds. The van der Waals surface area contributed by atoms with E-state index in [0.29, 0.717) is 30.6 Å². The van der Waals surface area contributed by atoms with Crippen molar-refractivity contribution in [3.63, 3.8) is 0 Å². The van der Waals surface area contributed by atoms with Crippen LogP contribution in [0.2, 0.25) is 5.02 Å². The van der Waals surface area contributed by atoms with Gasteiger partial charge >= 0.3 is 0 Å². The summed E-state index contributed by atoms with van der Waals surface area (Å²) in [6.45, 7) is 8.21. The van der Waals surface area contributed by atoms with Gasteiger partial charge in [-0.15, -0.1) is 0 Å². The van der Waals surface area contributed by atoms with Crippen LogP contribution >= 0.6 is 11.6 Å². The number of rotatable bonds is 7. The molecule has 0 bridgehead atoms. The van der Waals surface area contributed by atoms with Gasteiger partial charge in [-0.2, -0.15) is 0 Å². The summed E-state index contributed by atoms with van der Waals surface area (Å²) in [6.07, 6.45) is 0. The van der Waals surface area contributed by atoms with Crippen LogP contribution in [0.5, 0.6) is 0 Å². The van der Waals surface area contributed by atoms with Crippen LogP contribution in [0.1, 0.15) is 26.3 Å². The highest BCUT2D eigenvalue weighted by atomic mass is 35.5.